The molecule has 1 N–H and O–H groups in total. The summed E-state index contributed by atoms with van der Waals surface area (Å²) in [6.45, 7) is 0. The Kier molecular flexibility index (Phi) is 5.00. The summed E-state index contributed by atoms with van der Waals surface area (Å²) in [6.07, 6.45) is 2.20. The van der Waals surface area contributed by atoms with Crippen molar-refractivity contribution in [1.29, 1.82) is 0 Å². The van der Waals surface area contributed by atoms with Gasteiger partial charge >= 0.3 is 0 Å². The summed E-state index contributed by atoms with van der Waals surface area (Å²) in [4.78, 5) is 15.9. The third-order valence-electron chi connectivity index (χ3n) is 2.91. The monoisotopic (exact) mass is 326 g/mol. The quantitative estimate of drug-likeness (QED) is 0.702. The summed E-state index contributed by atoms with van der Waals surface area (Å²) >= 11 is 1.20. The number of nitrogens with one attached hydrogen (secondary N) is 1. The van der Waals surface area contributed by atoms with Crippen molar-refractivity contribution >= 4 is 23.5 Å². The van der Waals surface area contributed by atoms with E-state index in [1.165, 1.54) is 11.8 Å². The molecular weight excluding hydrogens is 312 g/mol. The molecule has 2 heterocycles. The Morgan fingerprint density at radius 1 is 1.09 bits per heavy atom. The molecule has 0 unspecified atom stereocenters. The fourth-order valence-corrected chi connectivity index (χ4v) is 2.46. The van der Waals surface area contributed by atoms with Crippen molar-refractivity contribution in [3.63, 3.8) is 0 Å². The van der Waals surface area contributed by atoms with Crippen LogP contribution in [0.3, 0.4) is 0 Å². The van der Waals surface area contributed by atoms with E-state index < -0.39 is 0 Å². The molecule has 3 aromatic rings. The molecule has 3 rings (SSSR count). The van der Waals surface area contributed by atoms with Crippen LogP contribution in [0.25, 0.3) is 0 Å². The van der Waals surface area contributed by atoms with Crippen molar-refractivity contribution in [2.45, 2.75) is 11.6 Å². The minimum atomic E-state index is -0.170. The Balaban J connectivity index is 1.50. The molecule has 0 spiro atoms. The summed E-state index contributed by atoms with van der Waals surface area (Å²) in [5.74, 6) is 1.07. The van der Waals surface area contributed by atoms with Crippen LogP contribution in [-0.4, -0.2) is 26.8 Å². The number of hydrogen-bond acceptors (Lipinski definition) is 6. The summed E-state index contributed by atoms with van der Waals surface area (Å²) < 4.78 is 5.53. The maximum absolute atomic E-state index is 11.8. The van der Waals surface area contributed by atoms with Gasteiger partial charge in [-0.1, -0.05) is 48.2 Å². The van der Waals surface area contributed by atoms with E-state index in [4.69, 9.17) is 4.42 Å². The van der Waals surface area contributed by atoms with Crippen molar-refractivity contribution in [1.82, 2.24) is 15.2 Å². The molecule has 6 nitrogen and oxygen atoms in total. The molecule has 0 radical (unpaired) electrons. The van der Waals surface area contributed by atoms with Gasteiger partial charge in [-0.05, 0) is 17.7 Å². The third kappa shape index (κ3) is 4.65. The molecule has 0 bridgehead atoms. The van der Waals surface area contributed by atoms with Gasteiger partial charge in [0.15, 0.2) is 0 Å². The fraction of sp³-hybridized carbons (Fsp3) is 0.125. The molecular formula is C16H14N4O2S. The molecule has 1 aromatic carbocycles. The number of benzene rings is 1. The van der Waals surface area contributed by atoms with Gasteiger partial charge in [-0.2, -0.15) is 0 Å². The van der Waals surface area contributed by atoms with E-state index in [0.29, 0.717) is 23.4 Å². The van der Waals surface area contributed by atoms with Crippen LogP contribution in [0.5, 0.6) is 0 Å². The largest absolute Gasteiger partial charge is 0.416 e. The molecule has 0 aliphatic carbocycles. The zero-order valence-electron chi connectivity index (χ0n) is 12.2. The van der Waals surface area contributed by atoms with Crippen LogP contribution in [0.1, 0.15) is 11.5 Å². The lowest BCUT2D eigenvalue weighted by molar-refractivity contribution is -0.113. The fourth-order valence-electron chi connectivity index (χ4n) is 1.88. The topological polar surface area (TPSA) is 80.9 Å². The van der Waals surface area contributed by atoms with Crippen LogP contribution >= 0.6 is 11.8 Å². The van der Waals surface area contributed by atoms with Gasteiger partial charge < -0.3 is 9.73 Å². The number of hydrogen-bond donors (Lipinski definition) is 1. The SMILES string of the molecule is O=C(CSc1nnc(Cc2ccccc2)o1)Nc1ccccn1. The van der Waals surface area contributed by atoms with Gasteiger partial charge in [0.1, 0.15) is 5.82 Å². The maximum Gasteiger partial charge on any atom is 0.277 e. The molecule has 116 valence electrons. The van der Waals surface area contributed by atoms with Gasteiger partial charge in [0.05, 0.1) is 12.2 Å². The number of carbonyl (C=O) groups is 1. The molecule has 0 fully saturated rings. The van der Waals surface area contributed by atoms with E-state index in [9.17, 15) is 4.79 Å². The Morgan fingerprint density at radius 2 is 1.91 bits per heavy atom. The van der Waals surface area contributed by atoms with E-state index >= 15 is 0 Å². The Hall–Kier alpha value is -2.67. The Morgan fingerprint density at radius 3 is 2.70 bits per heavy atom. The number of pyridine rings is 1. The number of rotatable bonds is 6. The van der Waals surface area contributed by atoms with Crippen molar-refractivity contribution in [3.05, 3.63) is 66.2 Å². The van der Waals surface area contributed by atoms with Gasteiger partial charge in [-0.25, -0.2) is 4.98 Å². The minimum Gasteiger partial charge on any atom is -0.416 e. The maximum atomic E-state index is 11.8. The van der Waals surface area contributed by atoms with E-state index in [1.807, 2.05) is 36.4 Å². The lowest BCUT2D eigenvalue weighted by Crippen LogP contribution is -2.14. The third-order valence-corrected chi connectivity index (χ3v) is 3.72. The Bertz CT molecular complexity index is 762. The number of aromatic nitrogens is 3. The Labute approximate surface area is 137 Å². The number of thioether (sulfide) groups is 1. The van der Waals surface area contributed by atoms with Gasteiger partial charge in [-0.3, -0.25) is 4.79 Å². The highest BCUT2D eigenvalue weighted by molar-refractivity contribution is 7.99. The van der Waals surface area contributed by atoms with Crippen LogP contribution in [0.2, 0.25) is 0 Å². The van der Waals surface area contributed by atoms with Crippen molar-refractivity contribution in [2.24, 2.45) is 0 Å². The predicted molar refractivity (Wildman–Crippen MR) is 87.1 cm³/mol. The first-order valence-electron chi connectivity index (χ1n) is 6.99. The second-order valence-corrected chi connectivity index (χ2v) is 5.60. The molecule has 0 saturated carbocycles. The lowest BCUT2D eigenvalue weighted by Gasteiger charge is -2.01. The molecule has 7 heteroatoms. The smallest absolute Gasteiger partial charge is 0.277 e. The average Bonchev–Trinajstić information content (AvgIpc) is 3.02. The molecule has 23 heavy (non-hydrogen) atoms. The first-order chi connectivity index (χ1) is 11.3. The number of amides is 1. The molecule has 2 aromatic heterocycles. The first kappa shape index (κ1) is 15.2. The van der Waals surface area contributed by atoms with Gasteiger partial charge in [0.2, 0.25) is 11.8 Å². The number of carbonyl (C=O) groups excluding carboxylic acids is 1. The number of nitrogens with zero attached hydrogens (tertiary/aromatic N) is 3. The van der Waals surface area contributed by atoms with E-state index in [1.54, 1.807) is 18.3 Å². The molecule has 0 atom stereocenters. The first-order valence-corrected chi connectivity index (χ1v) is 7.98. The summed E-state index contributed by atoms with van der Waals surface area (Å²) in [5.41, 5.74) is 1.10. The van der Waals surface area contributed by atoms with Crippen LogP contribution in [0.15, 0.2) is 64.4 Å². The highest BCUT2D eigenvalue weighted by Gasteiger charge is 2.10. The normalized spacial score (nSPS) is 10.4. The second-order valence-electron chi connectivity index (χ2n) is 4.68. The summed E-state index contributed by atoms with van der Waals surface area (Å²) in [5, 5.41) is 11.0. The lowest BCUT2D eigenvalue weighted by atomic mass is 10.2. The minimum absolute atomic E-state index is 0.170. The predicted octanol–water partition coefficient (Wildman–Crippen LogP) is 2.79. The zero-order valence-corrected chi connectivity index (χ0v) is 13.0. The molecule has 0 saturated heterocycles. The van der Waals surface area contributed by atoms with Crippen LogP contribution in [0, 0.1) is 0 Å². The van der Waals surface area contributed by atoms with Crippen LogP contribution < -0.4 is 5.32 Å². The van der Waals surface area contributed by atoms with Gasteiger partial charge in [0.25, 0.3) is 5.22 Å². The summed E-state index contributed by atoms with van der Waals surface area (Å²) in [7, 11) is 0. The second kappa shape index (κ2) is 7.55. The standard InChI is InChI=1S/C16H14N4O2S/c21-14(18-13-8-4-5-9-17-13)11-23-16-20-19-15(22-16)10-12-6-2-1-3-7-12/h1-9H,10-11H2,(H,17,18,21). The van der Waals surface area contributed by atoms with Crippen molar-refractivity contribution in [3.8, 4) is 0 Å². The van der Waals surface area contributed by atoms with E-state index in [0.717, 1.165) is 5.56 Å². The van der Waals surface area contributed by atoms with Crippen LogP contribution in [-0.2, 0) is 11.2 Å². The highest BCUT2D eigenvalue weighted by Crippen LogP contribution is 2.18. The molecule has 1 amide bonds. The van der Waals surface area contributed by atoms with Gasteiger partial charge in [0, 0.05) is 6.20 Å². The van der Waals surface area contributed by atoms with E-state index in [-0.39, 0.29) is 11.7 Å². The highest BCUT2D eigenvalue weighted by atomic mass is 32.2. The number of anilines is 1. The van der Waals surface area contributed by atoms with Crippen molar-refractivity contribution < 1.29 is 9.21 Å². The van der Waals surface area contributed by atoms with Crippen molar-refractivity contribution in [2.75, 3.05) is 11.1 Å². The molecule has 0 aliphatic rings. The zero-order chi connectivity index (χ0) is 15.9. The average molecular weight is 326 g/mol. The molecule has 0 aliphatic heterocycles. The van der Waals surface area contributed by atoms with Gasteiger partial charge in [-0.15, -0.1) is 10.2 Å². The van der Waals surface area contributed by atoms with E-state index in [2.05, 4.69) is 20.5 Å². The van der Waals surface area contributed by atoms with Crippen LogP contribution in [0.4, 0.5) is 5.82 Å². The summed E-state index contributed by atoms with van der Waals surface area (Å²) in [6, 6.07) is 15.2.